The van der Waals surface area contributed by atoms with E-state index in [1.807, 2.05) is 23.1 Å². The predicted octanol–water partition coefficient (Wildman–Crippen LogP) is 1.41. The third kappa shape index (κ3) is 4.56. The normalized spacial score (nSPS) is 15.8. The Hall–Kier alpha value is -1.88. The number of amides is 1. The average Bonchev–Trinajstić information content (AvgIpc) is 2.47. The predicted molar refractivity (Wildman–Crippen MR) is 79.4 cm³/mol. The standard InChI is InChI=1S/C16H22N2O3/c1-13(19)18-9-7-17(8-10-18)11-15-5-3-4-6-16(15)12-21-14(2)20/h3-6H,7-12H2,1-2H3. The second-order valence-electron chi connectivity index (χ2n) is 5.33. The highest BCUT2D eigenvalue weighted by atomic mass is 16.5. The molecule has 0 atom stereocenters. The van der Waals surface area contributed by atoms with Crippen LogP contribution in [0.25, 0.3) is 0 Å². The van der Waals surface area contributed by atoms with Gasteiger partial charge in [0, 0.05) is 46.6 Å². The Morgan fingerprint density at radius 3 is 2.24 bits per heavy atom. The molecule has 5 nitrogen and oxygen atoms in total. The molecule has 0 radical (unpaired) electrons. The smallest absolute Gasteiger partial charge is 0.302 e. The van der Waals surface area contributed by atoms with E-state index in [0.717, 1.165) is 38.3 Å². The summed E-state index contributed by atoms with van der Waals surface area (Å²) >= 11 is 0. The minimum atomic E-state index is -0.264. The Kier molecular flexibility index (Phi) is 5.33. The van der Waals surface area contributed by atoms with E-state index in [2.05, 4.69) is 11.0 Å². The lowest BCUT2D eigenvalue weighted by Crippen LogP contribution is -2.47. The largest absolute Gasteiger partial charge is 0.461 e. The molecule has 0 aliphatic carbocycles. The Labute approximate surface area is 125 Å². The average molecular weight is 290 g/mol. The van der Waals surface area contributed by atoms with Crippen molar-refractivity contribution < 1.29 is 14.3 Å². The third-order valence-corrected chi connectivity index (χ3v) is 3.76. The Balaban J connectivity index is 1.94. The first-order chi connectivity index (χ1) is 10.1. The molecule has 0 unspecified atom stereocenters. The van der Waals surface area contributed by atoms with Gasteiger partial charge in [-0.1, -0.05) is 24.3 Å². The van der Waals surface area contributed by atoms with Crippen LogP contribution in [0.2, 0.25) is 0 Å². The second-order valence-corrected chi connectivity index (χ2v) is 5.33. The summed E-state index contributed by atoms with van der Waals surface area (Å²) in [7, 11) is 0. The summed E-state index contributed by atoms with van der Waals surface area (Å²) in [6.07, 6.45) is 0. The van der Waals surface area contributed by atoms with E-state index in [-0.39, 0.29) is 11.9 Å². The Morgan fingerprint density at radius 1 is 1.05 bits per heavy atom. The zero-order valence-corrected chi connectivity index (χ0v) is 12.7. The summed E-state index contributed by atoms with van der Waals surface area (Å²) in [5, 5.41) is 0. The van der Waals surface area contributed by atoms with E-state index in [1.54, 1.807) is 6.92 Å². The fraction of sp³-hybridized carbons (Fsp3) is 0.500. The first kappa shape index (κ1) is 15.5. The highest BCUT2D eigenvalue weighted by Gasteiger charge is 2.19. The summed E-state index contributed by atoms with van der Waals surface area (Å²) < 4.78 is 5.10. The number of carbonyl (C=O) groups is 2. The van der Waals surface area contributed by atoms with E-state index in [0.29, 0.717) is 6.61 Å². The first-order valence-electron chi connectivity index (χ1n) is 7.24. The quantitative estimate of drug-likeness (QED) is 0.787. The molecule has 1 aliphatic heterocycles. The number of hydrogen-bond acceptors (Lipinski definition) is 4. The number of carbonyl (C=O) groups excluding carboxylic acids is 2. The van der Waals surface area contributed by atoms with E-state index < -0.39 is 0 Å². The molecule has 1 aromatic carbocycles. The van der Waals surface area contributed by atoms with Crippen LogP contribution in [-0.2, 0) is 27.5 Å². The lowest BCUT2D eigenvalue weighted by Gasteiger charge is -2.34. The van der Waals surface area contributed by atoms with Crippen molar-refractivity contribution in [1.82, 2.24) is 9.80 Å². The number of ether oxygens (including phenoxy) is 1. The molecular formula is C16H22N2O3. The molecule has 21 heavy (non-hydrogen) atoms. The number of piperazine rings is 1. The van der Waals surface area contributed by atoms with Gasteiger partial charge in [-0.25, -0.2) is 0 Å². The van der Waals surface area contributed by atoms with Gasteiger partial charge in [0.25, 0.3) is 0 Å². The van der Waals surface area contributed by atoms with Crippen molar-refractivity contribution in [2.75, 3.05) is 26.2 Å². The lowest BCUT2D eigenvalue weighted by molar-refractivity contribution is -0.142. The molecule has 0 bridgehead atoms. The number of rotatable bonds is 4. The highest BCUT2D eigenvalue weighted by molar-refractivity contribution is 5.73. The fourth-order valence-electron chi connectivity index (χ4n) is 2.49. The molecule has 1 aromatic rings. The van der Waals surface area contributed by atoms with Crippen LogP contribution in [0.3, 0.4) is 0 Å². The van der Waals surface area contributed by atoms with E-state index in [9.17, 15) is 9.59 Å². The van der Waals surface area contributed by atoms with Gasteiger partial charge in [-0.3, -0.25) is 14.5 Å². The van der Waals surface area contributed by atoms with E-state index in [4.69, 9.17) is 4.74 Å². The van der Waals surface area contributed by atoms with Gasteiger partial charge in [0.15, 0.2) is 0 Å². The number of nitrogens with zero attached hydrogens (tertiary/aromatic N) is 2. The molecule has 114 valence electrons. The van der Waals surface area contributed by atoms with Gasteiger partial charge < -0.3 is 9.64 Å². The summed E-state index contributed by atoms with van der Waals surface area (Å²) in [4.78, 5) is 26.5. The van der Waals surface area contributed by atoms with Crippen LogP contribution in [0.1, 0.15) is 25.0 Å². The fourth-order valence-corrected chi connectivity index (χ4v) is 2.49. The van der Waals surface area contributed by atoms with Gasteiger partial charge in [-0.05, 0) is 11.1 Å². The monoisotopic (exact) mass is 290 g/mol. The van der Waals surface area contributed by atoms with Gasteiger partial charge in [0.2, 0.25) is 5.91 Å². The minimum Gasteiger partial charge on any atom is -0.461 e. The van der Waals surface area contributed by atoms with Crippen LogP contribution in [0, 0.1) is 0 Å². The molecule has 1 saturated heterocycles. The lowest BCUT2D eigenvalue weighted by atomic mass is 10.1. The van der Waals surface area contributed by atoms with Gasteiger partial charge in [0.05, 0.1) is 0 Å². The van der Waals surface area contributed by atoms with Gasteiger partial charge in [0.1, 0.15) is 6.61 Å². The van der Waals surface area contributed by atoms with Crippen molar-refractivity contribution in [3.63, 3.8) is 0 Å². The van der Waals surface area contributed by atoms with Crippen LogP contribution < -0.4 is 0 Å². The van der Waals surface area contributed by atoms with Crippen molar-refractivity contribution in [2.45, 2.75) is 27.0 Å². The first-order valence-corrected chi connectivity index (χ1v) is 7.24. The SMILES string of the molecule is CC(=O)OCc1ccccc1CN1CCN(C(C)=O)CC1. The molecule has 1 amide bonds. The maximum atomic E-state index is 11.3. The molecule has 1 heterocycles. The zero-order valence-electron chi connectivity index (χ0n) is 12.7. The van der Waals surface area contributed by atoms with E-state index in [1.165, 1.54) is 12.5 Å². The molecule has 1 aliphatic rings. The van der Waals surface area contributed by atoms with Crippen LogP contribution in [0.4, 0.5) is 0 Å². The van der Waals surface area contributed by atoms with Gasteiger partial charge >= 0.3 is 5.97 Å². The third-order valence-electron chi connectivity index (χ3n) is 3.76. The molecule has 0 aromatic heterocycles. The molecule has 0 N–H and O–H groups in total. The molecule has 5 heteroatoms. The van der Waals surface area contributed by atoms with Crippen LogP contribution in [0.15, 0.2) is 24.3 Å². The maximum absolute atomic E-state index is 11.3. The van der Waals surface area contributed by atoms with Crippen molar-refractivity contribution in [2.24, 2.45) is 0 Å². The summed E-state index contributed by atoms with van der Waals surface area (Å²) in [6.45, 7) is 7.49. The van der Waals surface area contributed by atoms with Crippen molar-refractivity contribution in [1.29, 1.82) is 0 Å². The molecule has 0 saturated carbocycles. The van der Waals surface area contributed by atoms with Crippen LogP contribution >= 0.6 is 0 Å². The van der Waals surface area contributed by atoms with Crippen molar-refractivity contribution >= 4 is 11.9 Å². The van der Waals surface area contributed by atoms with Crippen molar-refractivity contribution in [3.05, 3.63) is 35.4 Å². The molecule has 1 fully saturated rings. The topological polar surface area (TPSA) is 49.9 Å². The Bertz CT molecular complexity index is 508. The van der Waals surface area contributed by atoms with E-state index >= 15 is 0 Å². The second kappa shape index (κ2) is 7.22. The zero-order chi connectivity index (χ0) is 15.2. The highest BCUT2D eigenvalue weighted by Crippen LogP contribution is 2.14. The summed E-state index contributed by atoms with van der Waals surface area (Å²) in [6, 6.07) is 8.01. The summed E-state index contributed by atoms with van der Waals surface area (Å²) in [5.74, 6) is -0.121. The minimum absolute atomic E-state index is 0.143. The van der Waals surface area contributed by atoms with Gasteiger partial charge in [-0.2, -0.15) is 0 Å². The summed E-state index contributed by atoms with van der Waals surface area (Å²) in [5.41, 5.74) is 2.22. The number of benzene rings is 1. The molecule has 2 rings (SSSR count). The van der Waals surface area contributed by atoms with Crippen molar-refractivity contribution in [3.8, 4) is 0 Å². The number of hydrogen-bond donors (Lipinski definition) is 0. The number of esters is 1. The Morgan fingerprint density at radius 2 is 1.67 bits per heavy atom. The van der Waals surface area contributed by atoms with Crippen LogP contribution in [-0.4, -0.2) is 47.9 Å². The van der Waals surface area contributed by atoms with Crippen LogP contribution in [0.5, 0.6) is 0 Å². The van der Waals surface area contributed by atoms with Gasteiger partial charge in [-0.15, -0.1) is 0 Å². The molecular weight excluding hydrogens is 268 g/mol. The molecule has 0 spiro atoms. The maximum Gasteiger partial charge on any atom is 0.302 e.